The summed E-state index contributed by atoms with van der Waals surface area (Å²) in [7, 11) is 0. The maximum atomic E-state index is 11.1. The highest BCUT2D eigenvalue weighted by Crippen LogP contribution is 2.53. The summed E-state index contributed by atoms with van der Waals surface area (Å²) in [5.74, 6) is 0.369. The molecule has 0 radical (unpaired) electrons. The minimum absolute atomic E-state index is 0.00296. The normalized spacial score (nSPS) is 28.0. The maximum Gasteiger partial charge on any atom is 0.307 e. The first-order valence-electron chi connectivity index (χ1n) is 9.69. The molecule has 2 heterocycles. The zero-order chi connectivity index (χ0) is 20.1. The Kier molecular flexibility index (Phi) is 4.88. The number of aliphatic carboxylic acids is 1. The molecule has 4 atom stereocenters. The van der Waals surface area contributed by atoms with E-state index in [9.17, 15) is 4.79 Å². The second-order valence-corrected chi connectivity index (χ2v) is 8.85. The fraction of sp³-hybridized carbons (Fsp3) is 0.435. The van der Waals surface area contributed by atoms with Gasteiger partial charge in [0.25, 0.3) is 0 Å². The van der Waals surface area contributed by atoms with Gasteiger partial charge in [-0.3, -0.25) is 4.79 Å². The number of benzene rings is 2. The maximum absolute atomic E-state index is 11.1. The molecule has 1 saturated heterocycles. The van der Waals surface area contributed by atoms with Crippen LogP contribution in [0.4, 0.5) is 0 Å². The van der Waals surface area contributed by atoms with Crippen LogP contribution in [0.1, 0.15) is 55.9 Å². The number of halogens is 1. The molecule has 2 aliphatic rings. The predicted molar refractivity (Wildman–Crippen MR) is 108 cm³/mol. The number of carboxylic acids is 1. The third-order valence-corrected chi connectivity index (χ3v) is 6.35. The van der Waals surface area contributed by atoms with Crippen molar-refractivity contribution in [3.05, 3.63) is 64.2 Å². The van der Waals surface area contributed by atoms with Crippen molar-refractivity contribution < 1.29 is 19.4 Å². The van der Waals surface area contributed by atoms with E-state index in [1.165, 1.54) is 5.56 Å². The average Bonchev–Trinajstić information content (AvgIpc) is 2.62. The summed E-state index contributed by atoms with van der Waals surface area (Å²) >= 11 is 6.06. The first kappa shape index (κ1) is 19.3. The summed E-state index contributed by atoms with van der Waals surface area (Å²) < 4.78 is 12.9. The van der Waals surface area contributed by atoms with Crippen LogP contribution in [0.5, 0.6) is 5.75 Å². The molecule has 0 amide bonds. The standard InChI is InChI=1S/C23H25ClO4/c1-13-17(15-5-7-16(24)8-6-15)12-19-22(27-13)18-10-14(11-21(25)26)4-9-20(18)28-23(19,2)3/h4-10,13,17,19,22H,11-12H2,1-3H3,(H,25,26)/t13-,17+,19-,22+/m0/s1. The summed E-state index contributed by atoms with van der Waals surface area (Å²) in [5, 5.41) is 9.87. The van der Waals surface area contributed by atoms with E-state index in [0.29, 0.717) is 0 Å². The quantitative estimate of drug-likeness (QED) is 0.750. The van der Waals surface area contributed by atoms with Crippen LogP contribution < -0.4 is 4.74 Å². The Morgan fingerprint density at radius 2 is 1.93 bits per heavy atom. The van der Waals surface area contributed by atoms with Gasteiger partial charge in [0, 0.05) is 22.4 Å². The minimum Gasteiger partial charge on any atom is -0.487 e. The SMILES string of the molecule is C[C@@H]1O[C@@H]2c3cc(CC(=O)O)ccc3OC(C)(C)[C@H]2C[C@H]1c1ccc(Cl)cc1. The molecule has 148 valence electrons. The molecule has 0 bridgehead atoms. The summed E-state index contributed by atoms with van der Waals surface area (Å²) in [6.07, 6.45) is 0.860. The van der Waals surface area contributed by atoms with E-state index in [1.54, 1.807) is 0 Å². The fourth-order valence-corrected chi connectivity index (χ4v) is 4.75. The highest BCUT2D eigenvalue weighted by Gasteiger charge is 2.49. The van der Waals surface area contributed by atoms with Gasteiger partial charge in [-0.05, 0) is 62.6 Å². The van der Waals surface area contributed by atoms with Crippen LogP contribution in [0.2, 0.25) is 5.02 Å². The van der Waals surface area contributed by atoms with Gasteiger partial charge in [-0.25, -0.2) is 0 Å². The van der Waals surface area contributed by atoms with Gasteiger partial charge in [0.1, 0.15) is 11.4 Å². The zero-order valence-corrected chi connectivity index (χ0v) is 17.1. The Bertz CT molecular complexity index is 890. The Hall–Kier alpha value is -2.04. The number of carboxylic acid groups (broad SMARTS) is 1. The van der Waals surface area contributed by atoms with Gasteiger partial charge in [-0.2, -0.15) is 0 Å². The van der Waals surface area contributed by atoms with E-state index in [0.717, 1.165) is 28.3 Å². The molecule has 5 heteroatoms. The third kappa shape index (κ3) is 3.51. The Labute approximate surface area is 170 Å². The second-order valence-electron chi connectivity index (χ2n) is 8.41. The van der Waals surface area contributed by atoms with Crippen molar-refractivity contribution in [1.29, 1.82) is 0 Å². The van der Waals surface area contributed by atoms with E-state index in [1.807, 2.05) is 30.3 Å². The highest BCUT2D eigenvalue weighted by molar-refractivity contribution is 6.30. The molecule has 0 spiro atoms. The predicted octanol–water partition coefficient (Wildman–Crippen LogP) is 5.39. The minimum atomic E-state index is -0.839. The summed E-state index contributed by atoms with van der Waals surface area (Å²) in [4.78, 5) is 11.1. The average molecular weight is 401 g/mol. The van der Waals surface area contributed by atoms with Crippen molar-refractivity contribution in [3.63, 3.8) is 0 Å². The molecule has 0 saturated carbocycles. The summed E-state index contributed by atoms with van der Waals surface area (Å²) in [5.41, 5.74) is 2.57. The lowest BCUT2D eigenvalue weighted by Gasteiger charge is -2.50. The molecule has 2 aromatic carbocycles. The van der Waals surface area contributed by atoms with Crippen LogP contribution in [-0.4, -0.2) is 22.8 Å². The molecular weight excluding hydrogens is 376 g/mol. The molecule has 0 aliphatic carbocycles. The Morgan fingerprint density at radius 1 is 1.21 bits per heavy atom. The molecule has 0 aromatic heterocycles. The number of hydrogen-bond acceptors (Lipinski definition) is 3. The summed E-state index contributed by atoms with van der Waals surface area (Å²) in [6, 6.07) is 13.6. The van der Waals surface area contributed by atoms with Crippen molar-refractivity contribution >= 4 is 17.6 Å². The van der Waals surface area contributed by atoms with Gasteiger partial charge in [0.05, 0.1) is 18.6 Å². The second kappa shape index (κ2) is 7.09. The molecule has 1 N–H and O–H groups in total. The molecule has 4 nitrogen and oxygen atoms in total. The fourth-order valence-electron chi connectivity index (χ4n) is 4.62. The van der Waals surface area contributed by atoms with Gasteiger partial charge in [0.2, 0.25) is 0 Å². The smallest absolute Gasteiger partial charge is 0.307 e. The molecule has 1 fully saturated rings. The van der Waals surface area contributed by atoms with E-state index in [2.05, 4.69) is 32.9 Å². The van der Waals surface area contributed by atoms with E-state index < -0.39 is 5.97 Å². The monoisotopic (exact) mass is 400 g/mol. The van der Waals surface area contributed by atoms with Crippen LogP contribution >= 0.6 is 11.6 Å². The number of fused-ring (bicyclic) bond motifs is 3. The lowest BCUT2D eigenvalue weighted by molar-refractivity contribution is -0.153. The third-order valence-electron chi connectivity index (χ3n) is 6.10. The number of ether oxygens (including phenoxy) is 2. The van der Waals surface area contributed by atoms with Crippen molar-refractivity contribution in [1.82, 2.24) is 0 Å². The first-order chi connectivity index (χ1) is 13.2. The zero-order valence-electron chi connectivity index (χ0n) is 16.3. The number of carbonyl (C=O) groups is 1. The van der Waals surface area contributed by atoms with E-state index in [-0.39, 0.29) is 36.1 Å². The lowest BCUT2D eigenvalue weighted by Crippen LogP contribution is -2.50. The largest absolute Gasteiger partial charge is 0.487 e. The molecule has 2 aromatic rings. The van der Waals surface area contributed by atoms with Gasteiger partial charge in [0.15, 0.2) is 0 Å². The van der Waals surface area contributed by atoms with Gasteiger partial charge in [-0.1, -0.05) is 29.8 Å². The molecule has 28 heavy (non-hydrogen) atoms. The Morgan fingerprint density at radius 3 is 2.61 bits per heavy atom. The number of hydrogen-bond donors (Lipinski definition) is 1. The highest BCUT2D eigenvalue weighted by atomic mass is 35.5. The van der Waals surface area contributed by atoms with Crippen molar-refractivity contribution in [2.45, 2.75) is 57.3 Å². The van der Waals surface area contributed by atoms with E-state index >= 15 is 0 Å². The number of rotatable bonds is 3. The Balaban J connectivity index is 1.69. The van der Waals surface area contributed by atoms with E-state index in [4.69, 9.17) is 26.2 Å². The summed E-state index contributed by atoms with van der Waals surface area (Å²) in [6.45, 7) is 6.33. The van der Waals surface area contributed by atoms with Gasteiger partial charge >= 0.3 is 5.97 Å². The van der Waals surface area contributed by atoms with Gasteiger partial charge < -0.3 is 14.6 Å². The molecule has 2 aliphatic heterocycles. The van der Waals surface area contributed by atoms with Crippen LogP contribution in [0, 0.1) is 5.92 Å². The molecular formula is C23H25ClO4. The van der Waals surface area contributed by atoms with Crippen molar-refractivity contribution in [2.24, 2.45) is 5.92 Å². The topological polar surface area (TPSA) is 55.8 Å². The molecule has 0 unspecified atom stereocenters. The molecule has 4 rings (SSSR count). The first-order valence-corrected chi connectivity index (χ1v) is 10.1. The van der Waals surface area contributed by atoms with Crippen LogP contribution in [-0.2, 0) is 16.0 Å². The van der Waals surface area contributed by atoms with Crippen molar-refractivity contribution in [3.8, 4) is 5.75 Å². The van der Waals surface area contributed by atoms with Crippen LogP contribution in [0.25, 0.3) is 0 Å². The lowest BCUT2D eigenvalue weighted by atomic mass is 9.70. The van der Waals surface area contributed by atoms with Crippen molar-refractivity contribution in [2.75, 3.05) is 0 Å². The van der Waals surface area contributed by atoms with Crippen LogP contribution in [0.15, 0.2) is 42.5 Å². The van der Waals surface area contributed by atoms with Gasteiger partial charge in [-0.15, -0.1) is 0 Å². The van der Waals surface area contributed by atoms with Crippen LogP contribution in [0.3, 0.4) is 0 Å².